The number of aromatic nitrogens is 2. The first-order valence-corrected chi connectivity index (χ1v) is 7.75. The molecule has 2 rings (SSSR count). The van der Waals surface area contributed by atoms with Gasteiger partial charge in [-0.3, -0.25) is 9.89 Å². The molecular weight excluding hydrogens is 270 g/mol. The zero-order valence-electron chi connectivity index (χ0n) is 11.8. The fraction of sp³-hybridized carbons (Fsp3) is 0.333. The minimum Gasteiger partial charge on any atom is -0.308 e. The standard InChI is InChI=1S/C15H19N3OS/c1-11-12(2)17-18-15(11)16-14(19)10-20-9-8-13-6-4-3-5-7-13/h3-7H,8-10H2,1-2H3,(H2,16,17,18,19). The van der Waals surface area contributed by atoms with E-state index in [2.05, 4.69) is 27.6 Å². The molecule has 0 spiro atoms. The van der Waals surface area contributed by atoms with Crippen LogP contribution in [0.5, 0.6) is 0 Å². The van der Waals surface area contributed by atoms with Crippen LogP contribution in [0.3, 0.4) is 0 Å². The number of anilines is 1. The second kappa shape index (κ2) is 7.14. The molecule has 0 radical (unpaired) electrons. The smallest absolute Gasteiger partial charge is 0.235 e. The van der Waals surface area contributed by atoms with Gasteiger partial charge in [0.25, 0.3) is 0 Å². The number of rotatable bonds is 6. The minimum absolute atomic E-state index is 0.00217. The van der Waals surface area contributed by atoms with Crippen LogP contribution in [0.1, 0.15) is 16.8 Å². The van der Waals surface area contributed by atoms with Crippen molar-refractivity contribution in [2.24, 2.45) is 0 Å². The molecule has 0 saturated heterocycles. The number of amides is 1. The molecule has 0 aliphatic heterocycles. The molecule has 0 bridgehead atoms. The maximum Gasteiger partial charge on any atom is 0.235 e. The number of aryl methyl sites for hydroxylation is 2. The Morgan fingerprint density at radius 3 is 2.70 bits per heavy atom. The van der Waals surface area contributed by atoms with E-state index >= 15 is 0 Å². The van der Waals surface area contributed by atoms with Crippen LogP contribution in [-0.4, -0.2) is 27.6 Å². The Hall–Kier alpha value is -1.75. The van der Waals surface area contributed by atoms with Crippen molar-refractivity contribution >= 4 is 23.5 Å². The zero-order chi connectivity index (χ0) is 14.4. The quantitative estimate of drug-likeness (QED) is 0.804. The van der Waals surface area contributed by atoms with Crippen molar-refractivity contribution in [2.75, 3.05) is 16.8 Å². The highest BCUT2D eigenvalue weighted by Crippen LogP contribution is 2.14. The molecule has 0 aliphatic carbocycles. The summed E-state index contributed by atoms with van der Waals surface area (Å²) in [6.45, 7) is 3.88. The Morgan fingerprint density at radius 1 is 1.30 bits per heavy atom. The van der Waals surface area contributed by atoms with E-state index in [-0.39, 0.29) is 5.91 Å². The summed E-state index contributed by atoms with van der Waals surface area (Å²) >= 11 is 1.64. The van der Waals surface area contributed by atoms with Crippen molar-refractivity contribution < 1.29 is 4.79 Å². The molecule has 1 aromatic heterocycles. The largest absolute Gasteiger partial charge is 0.308 e. The number of nitrogens with zero attached hydrogens (tertiary/aromatic N) is 1. The first-order valence-electron chi connectivity index (χ1n) is 6.60. The SMILES string of the molecule is Cc1[nH]nc(NC(=O)CSCCc2ccccc2)c1C. The molecule has 0 atom stereocenters. The highest BCUT2D eigenvalue weighted by Gasteiger charge is 2.09. The predicted octanol–water partition coefficient (Wildman–Crippen LogP) is 2.94. The van der Waals surface area contributed by atoms with Gasteiger partial charge >= 0.3 is 0 Å². The van der Waals surface area contributed by atoms with Crippen LogP contribution in [0.2, 0.25) is 0 Å². The molecule has 1 heterocycles. The van der Waals surface area contributed by atoms with Gasteiger partial charge in [0.2, 0.25) is 5.91 Å². The number of benzene rings is 1. The van der Waals surface area contributed by atoms with Crippen molar-refractivity contribution in [1.82, 2.24) is 10.2 Å². The number of H-pyrrole nitrogens is 1. The molecule has 106 valence electrons. The number of thioether (sulfide) groups is 1. The lowest BCUT2D eigenvalue weighted by atomic mass is 10.2. The maximum absolute atomic E-state index is 11.8. The summed E-state index contributed by atoms with van der Waals surface area (Å²) in [5.41, 5.74) is 3.28. The number of nitrogens with one attached hydrogen (secondary N) is 2. The van der Waals surface area contributed by atoms with E-state index in [9.17, 15) is 4.79 Å². The first-order chi connectivity index (χ1) is 9.66. The Balaban J connectivity index is 1.69. The molecule has 2 N–H and O–H groups in total. The van der Waals surface area contributed by atoms with Gasteiger partial charge in [-0.15, -0.1) is 0 Å². The van der Waals surface area contributed by atoms with Crippen LogP contribution < -0.4 is 5.32 Å². The Labute approximate surface area is 123 Å². The molecule has 1 amide bonds. The third-order valence-electron chi connectivity index (χ3n) is 3.12. The highest BCUT2D eigenvalue weighted by molar-refractivity contribution is 7.99. The lowest BCUT2D eigenvalue weighted by Gasteiger charge is -2.04. The molecule has 4 nitrogen and oxygen atoms in total. The van der Waals surface area contributed by atoms with Gasteiger partial charge in [-0.25, -0.2) is 0 Å². The molecule has 0 fully saturated rings. The van der Waals surface area contributed by atoms with Gasteiger partial charge < -0.3 is 5.32 Å². The first kappa shape index (κ1) is 14.7. The van der Waals surface area contributed by atoms with Crippen molar-refractivity contribution in [2.45, 2.75) is 20.3 Å². The summed E-state index contributed by atoms with van der Waals surface area (Å²) < 4.78 is 0. The summed E-state index contributed by atoms with van der Waals surface area (Å²) in [5, 5.41) is 9.75. The average molecular weight is 289 g/mol. The molecule has 0 aliphatic rings. The normalized spacial score (nSPS) is 10.5. The molecule has 2 aromatic rings. The Bertz CT molecular complexity index is 566. The highest BCUT2D eigenvalue weighted by atomic mass is 32.2. The van der Waals surface area contributed by atoms with Crippen molar-refractivity contribution in [3.63, 3.8) is 0 Å². The monoisotopic (exact) mass is 289 g/mol. The summed E-state index contributed by atoms with van der Waals surface area (Å²) in [6, 6.07) is 10.3. The second-order valence-corrected chi connectivity index (χ2v) is 5.76. The van der Waals surface area contributed by atoms with Gasteiger partial charge in [-0.2, -0.15) is 16.9 Å². The van der Waals surface area contributed by atoms with E-state index in [1.807, 2.05) is 32.0 Å². The van der Waals surface area contributed by atoms with Crippen LogP contribution >= 0.6 is 11.8 Å². The van der Waals surface area contributed by atoms with E-state index in [4.69, 9.17) is 0 Å². The van der Waals surface area contributed by atoms with Crippen LogP contribution in [0.15, 0.2) is 30.3 Å². The molecule has 0 saturated carbocycles. The minimum atomic E-state index is -0.00217. The maximum atomic E-state index is 11.8. The fourth-order valence-corrected chi connectivity index (χ4v) is 2.56. The molecule has 0 unspecified atom stereocenters. The van der Waals surface area contributed by atoms with Crippen LogP contribution in [-0.2, 0) is 11.2 Å². The van der Waals surface area contributed by atoms with E-state index < -0.39 is 0 Å². The number of hydrogen-bond donors (Lipinski definition) is 2. The van der Waals surface area contributed by atoms with Gasteiger partial charge in [0.1, 0.15) is 0 Å². The topological polar surface area (TPSA) is 57.8 Å². The Kier molecular flexibility index (Phi) is 5.24. The lowest BCUT2D eigenvalue weighted by molar-refractivity contribution is -0.113. The van der Waals surface area contributed by atoms with E-state index in [0.717, 1.165) is 23.4 Å². The van der Waals surface area contributed by atoms with Gasteiger partial charge in [0.15, 0.2) is 5.82 Å². The second-order valence-electron chi connectivity index (χ2n) is 4.66. The fourth-order valence-electron chi connectivity index (χ4n) is 1.77. The van der Waals surface area contributed by atoms with Crippen molar-refractivity contribution in [1.29, 1.82) is 0 Å². The zero-order valence-corrected chi connectivity index (χ0v) is 12.6. The van der Waals surface area contributed by atoms with Crippen LogP contribution in [0, 0.1) is 13.8 Å². The van der Waals surface area contributed by atoms with Crippen molar-refractivity contribution in [3.8, 4) is 0 Å². The van der Waals surface area contributed by atoms with Crippen molar-refractivity contribution in [3.05, 3.63) is 47.2 Å². The van der Waals surface area contributed by atoms with Gasteiger partial charge in [0.05, 0.1) is 5.75 Å². The summed E-state index contributed by atoms with van der Waals surface area (Å²) in [6.07, 6.45) is 0.985. The third kappa shape index (κ3) is 4.13. The molecule has 5 heteroatoms. The van der Waals surface area contributed by atoms with Gasteiger partial charge in [-0.1, -0.05) is 30.3 Å². The van der Waals surface area contributed by atoms with Gasteiger partial charge in [-0.05, 0) is 31.6 Å². The van der Waals surface area contributed by atoms with Gasteiger partial charge in [0, 0.05) is 11.3 Å². The Morgan fingerprint density at radius 2 is 2.05 bits per heavy atom. The summed E-state index contributed by atoms with van der Waals surface area (Å²) in [7, 11) is 0. The van der Waals surface area contributed by atoms with E-state index in [1.165, 1.54) is 5.56 Å². The van der Waals surface area contributed by atoms with Crippen LogP contribution in [0.25, 0.3) is 0 Å². The molecular formula is C15H19N3OS. The number of carbonyl (C=O) groups is 1. The average Bonchev–Trinajstić information content (AvgIpc) is 2.77. The van der Waals surface area contributed by atoms with Crippen LogP contribution in [0.4, 0.5) is 5.82 Å². The molecule has 20 heavy (non-hydrogen) atoms. The summed E-state index contributed by atoms with van der Waals surface area (Å²) in [5.74, 6) is 2.03. The predicted molar refractivity (Wildman–Crippen MR) is 84.2 cm³/mol. The number of aromatic amines is 1. The summed E-state index contributed by atoms with van der Waals surface area (Å²) in [4.78, 5) is 11.8. The van der Waals surface area contributed by atoms with E-state index in [0.29, 0.717) is 11.6 Å². The molecule has 1 aromatic carbocycles. The number of carbonyl (C=O) groups excluding carboxylic acids is 1. The lowest BCUT2D eigenvalue weighted by Crippen LogP contribution is -2.15. The van der Waals surface area contributed by atoms with E-state index in [1.54, 1.807) is 11.8 Å². The number of hydrogen-bond acceptors (Lipinski definition) is 3. The third-order valence-corrected chi connectivity index (χ3v) is 4.08.